The van der Waals surface area contributed by atoms with E-state index in [2.05, 4.69) is 34.1 Å². The molecule has 4 atom stereocenters. The Morgan fingerprint density at radius 3 is 3.22 bits per heavy atom. The lowest BCUT2D eigenvalue weighted by molar-refractivity contribution is 0.000411. The first-order valence-corrected chi connectivity index (χ1v) is 8.62. The maximum atomic E-state index is 9.74. The number of pyridine rings is 1. The lowest BCUT2D eigenvalue weighted by atomic mass is 9.74. The predicted molar refractivity (Wildman–Crippen MR) is 87.9 cm³/mol. The van der Waals surface area contributed by atoms with Crippen molar-refractivity contribution in [3.8, 4) is 0 Å². The van der Waals surface area contributed by atoms with Crippen molar-refractivity contribution in [2.45, 2.75) is 31.1 Å². The molecule has 5 rings (SSSR count). The van der Waals surface area contributed by atoms with Gasteiger partial charge in [-0.25, -0.2) is 0 Å². The van der Waals surface area contributed by atoms with E-state index in [0.29, 0.717) is 17.9 Å². The number of nitrogens with zero attached hydrogens (tertiary/aromatic N) is 2. The molecule has 3 fully saturated rings. The number of fused-ring (bicyclic) bond motifs is 2. The van der Waals surface area contributed by atoms with Crippen LogP contribution in [-0.4, -0.2) is 46.4 Å². The second-order valence-electron chi connectivity index (χ2n) is 7.40. The molecule has 23 heavy (non-hydrogen) atoms. The Morgan fingerprint density at radius 2 is 2.30 bits per heavy atom. The van der Waals surface area contributed by atoms with E-state index in [0.717, 1.165) is 32.5 Å². The molecule has 0 unspecified atom stereocenters. The normalized spacial score (nSPS) is 36.0. The third-order valence-electron chi connectivity index (χ3n) is 6.23. The number of rotatable bonds is 3. The molecular weight excluding hydrogens is 288 g/mol. The monoisotopic (exact) mass is 310 g/mol. The second-order valence-corrected chi connectivity index (χ2v) is 7.40. The number of aliphatic hydroxyl groups is 1. The fraction of sp³-hybridized carbons (Fsp3) is 0.526. The lowest BCUT2D eigenvalue weighted by Crippen LogP contribution is -2.37. The summed E-state index contributed by atoms with van der Waals surface area (Å²) in [5, 5.41) is 12.2. The van der Waals surface area contributed by atoms with E-state index in [9.17, 15) is 5.11 Å². The van der Waals surface area contributed by atoms with Crippen LogP contribution in [0.15, 0.2) is 36.7 Å². The van der Waals surface area contributed by atoms with Crippen molar-refractivity contribution < 1.29 is 9.84 Å². The molecular formula is C19H22N2O2. The first kappa shape index (κ1) is 13.9. The van der Waals surface area contributed by atoms with Gasteiger partial charge >= 0.3 is 0 Å². The Morgan fingerprint density at radius 1 is 1.35 bits per heavy atom. The molecule has 0 amide bonds. The quantitative estimate of drug-likeness (QED) is 0.944. The minimum Gasteiger partial charge on any atom is -0.396 e. The number of ether oxygens (including phenoxy) is 1. The molecule has 1 aromatic heterocycles. The molecule has 4 heterocycles. The van der Waals surface area contributed by atoms with Gasteiger partial charge in [0, 0.05) is 55.9 Å². The highest BCUT2D eigenvalue weighted by molar-refractivity contribution is 5.84. The van der Waals surface area contributed by atoms with Gasteiger partial charge in [0.05, 0.1) is 11.7 Å². The first-order chi connectivity index (χ1) is 11.3. The summed E-state index contributed by atoms with van der Waals surface area (Å²) in [5.74, 6) is 0.841. The smallest absolute Gasteiger partial charge is 0.0858 e. The average molecular weight is 310 g/mol. The molecule has 2 aromatic rings. The van der Waals surface area contributed by atoms with E-state index in [1.807, 2.05) is 12.4 Å². The van der Waals surface area contributed by atoms with Crippen molar-refractivity contribution in [2.75, 3.05) is 19.7 Å². The van der Waals surface area contributed by atoms with Crippen molar-refractivity contribution >= 4 is 10.8 Å². The molecule has 4 heteroatoms. The molecule has 0 saturated carbocycles. The van der Waals surface area contributed by atoms with Gasteiger partial charge in [0.25, 0.3) is 0 Å². The van der Waals surface area contributed by atoms with Crippen molar-refractivity contribution in [1.29, 1.82) is 0 Å². The summed E-state index contributed by atoms with van der Waals surface area (Å²) >= 11 is 0. The van der Waals surface area contributed by atoms with Crippen LogP contribution in [0.4, 0.5) is 0 Å². The standard InChI is InChI=1S/C19H22N2O2/c22-11-16-17-10-21(12-19(17)6-4-18(16)23-19)9-14-3-1-2-13-8-20-7-5-15(13)14/h1-3,5,7-8,16-18,22H,4,6,9-12H2/t16-,17+,18+,19+/m1/s1. The fourth-order valence-electron chi connectivity index (χ4n) is 5.22. The predicted octanol–water partition coefficient (Wildman–Crippen LogP) is 2.21. The van der Waals surface area contributed by atoms with E-state index in [4.69, 9.17) is 4.74 Å². The van der Waals surface area contributed by atoms with E-state index >= 15 is 0 Å². The number of likely N-dealkylation sites (tertiary alicyclic amines) is 1. The second kappa shape index (κ2) is 5.00. The Bertz CT molecular complexity index is 744. The summed E-state index contributed by atoms with van der Waals surface area (Å²) in [4.78, 5) is 6.74. The molecule has 1 aromatic carbocycles. The van der Waals surface area contributed by atoms with Crippen molar-refractivity contribution in [3.05, 3.63) is 42.2 Å². The van der Waals surface area contributed by atoms with Crippen LogP contribution in [-0.2, 0) is 11.3 Å². The first-order valence-electron chi connectivity index (χ1n) is 8.62. The largest absolute Gasteiger partial charge is 0.396 e. The summed E-state index contributed by atoms with van der Waals surface area (Å²) in [7, 11) is 0. The number of hydrogen-bond acceptors (Lipinski definition) is 4. The fourth-order valence-corrected chi connectivity index (χ4v) is 5.22. The van der Waals surface area contributed by atoms with E-state index < -0.39 is 0 Å². The average Bonchev–Trinajstić information content (AvgIpc) is 3.22. The molecule has 1 spiro atoms. The Balaban J connectivity index is 1.42. The number of aliphatic hydroxyl groups excluding tert-OH is 1. The topological polar surface area (TPSA) is 45.6 Å². The van der Waals surface area contributed by atoms with Gasteiger partial charge in [-0.3, -0.25) is 9.88 Å². The summed E-state index contributed by atoms with van der Waals surface area (Å²) in [5.41, 5.74) is 1.38. The number of aromatic nitrogens is 1. The van der Waals surface area contributed by atoms with E-state index in [1.165, 1.54) is 16.3 Å². The van der Waals surface area contributed by atoms with Crippen LogP contribution in [0, 0.1) is 11.8 Å². The maximum absolute atomic E-state index is 9.74. The van der Waals surface area contributed by atoms with Crippen LogP contribution in [0.3, 0.4) is 0 Å². The van der Waals surface area contributed by atoms with Gasteiger partial charge in [0.15, 0.2) is 0 Å². The summed E-state index contributed by atoms with van der Waals surface area (Å²) in [6, 6.07) is 8.57. The lowest BCUT2D eigenvalue weighted by Gasteiger charge is -2.28. The number of hydrogen-bond donors (Lipinski definition) is 1. The molecule has 3 aliphatic heterocycles. The molecule has 4 nitrogen and oxygen atoms in total. The molecule has 3 aliphatic rings. The van der Waals surface area contributed by atoms with Gasteiger partial charge in [-0.2, -0.15) is 0 Å². The zero-order valence-corrected chi connectivity index (χ0v) is 13.2. The van der Waals surface area contributed by atoms with Gasteiger partial charge in [-0.1, -0.05) is 18.2 Å². The third kappa shape index (κ3) is 1.98. The van der Waals surface area contributed by atoms with Crippen LogP contribution in [0.5, 0.6) is 0 Å². The van der Waals surface area contributed by atoms with Crippen LogP contribution < -0.4 is 0 Å². The van der Waals surface area contributed by atoms with Crippen LogP contribution in [0.25, 0.3) is 10.8 Å². The minimum atomic E-state index is 0.0181. The molecule has 120 valence electrons. The van der Waals surface area contributed by atoms with Crippen LogP contribution in [0.2, 0.25) is 0 Å². The highest BCUT2D eigenvalue weighted by Gasteiger charge is 2.62. The molecule has 0 radical (unpaired) electrons. The maximum Gasteiger partial charge on any atom is 0.0858 e. The SMILES string of the molecule is OC[C@H]1[C@@H]2CC[C@@]3(CN(Cc4cccc5cnccc45)C[C@@H]13)O2. The van der Waals surface area contributed by atoms with E-state index in [-0.39, 0.29) is 12.2 Å². The van der Waals surface area contributed by atoms with Crippen molar-refractivity contribution in [1.82, 2.24) is 9.88 Å². The zero-order valence-electron chi connectivity index (χ0n) is 13.2. The summed E-state index contributed by atoms with van der Waals surface area (Å²) < 4.78 is 6.33. The van der Waals surface area contributed by atoms with Gasteiger partial charge in [-0.05, 0) is 29.9 Å². The van der Waals surface area contributed by atoms with Crippen molar-refractivity contribution in [3.63, 3.8) is 0 Å². The van der Waals surface area contributed by atoms with Crippen molar-refractivity contribution in [2.24, 2.45) is 11.8 Å². The zero-order chi connectivity index (χ0) is 15.4. The molecule has 1 N–H and O–H groups in total. The molecule has 2 bridgehead atoms. The van der Waals surface area contributed by atoms with Gasteiger partial charge in [0.2, 0.25) is 0 Å². The Hall–Kier alpha value is -1.49. The van der Waals surface area contributed by atoms with Gasteiger partial charge < -0.3 is 9.84 Å². The van der Waals surface area contributed by atoms with Gasteiger partial charge in [-0.15, -0.1) is 0 Å². The van der Waals surface area contributed by atoms with Gasteiger partial charge in [0.1, 0.15) is 0 Å². The minimum absolute atomic E-state index is 0.0181. The van der Waals surface area contributed by atoms with Crippen LogP contribution >= 0.6 is 0 Å². The Labute approximate surface area is 136 Å². The summed E-state index contributed by atoms with van der Waals surface area (Å²) in [6.45, 7) is 3.27. The van der Waals surface area contributed by atoms with Crippen LogP contribution in [0.1, 0.15) is 18.4 Å². The third-order valence-corrected chi connectivity index (χ3v) is 6.23. The van der Waals surface area contributed by atoms with E-state index in [1.54, 1.807) is 0 Å². The summed E-state index contributed by atoms with van der Waals surface area (Å²) in [6.07, 6.45) is 6.39. The highest BCUT2D eigenvalue weighted by Crippen LogP contribution is 2.54. The number of benzene rings is 1. The Kier molecular flexibility index (Phi) is 3.02. The molecule has 3 saturated heterocycles. The molecule has 0 aliphatic carbocycles. The highest BCUT2D eigenvalue weighted by atomic mass is 16.5.